The first-order chi connectivity index (χ1) is 6.06. The number of rotatable bonds is 5. The Hall–Kier alpha value is -0.680. The molecule has 0 fully saturated rings. The molecule has 3 N–H and O–H groups in total. The fourth-order valence-electron chi connectivity index (χ4n) is 0.544. The molecule has 13 heavy (non-hydrogen) atoms. The highest BCUT2D eigenvalue weighted by Crippen LogP contribution is 2.01. The van der Waals surface area contributed by atoms with Crippen molar-refractivity contribution in [2.45, 2.75) is 26.9 Å². The normalized spacial score (nSPS) is 11.8. The van der Waals surface area contributed by atoms with Gasteiger partial charge >= 0.3 is 0 Å². The van der Waals surface area contributed by atoms with Gasteiger partial charge in [0, 0.05) is 17.6 Å². The Morgan fingerprint density at radius 2 is 2.31 bits per heavy atom. The number of ether oxygens (including phenoxy) is 1. The van der Waals surface area contributed by atoms with Crippen molar-refractivity contribution in [3.63, 3.8) is 0 Å². The third-order valence-electron chi connectivity index (χ3n) is 1.20. The number of nitrogens with one attached hydrogen (secondary N) is 1. The van der Waals surface area contributed by atoms with E-state index >= 15 is 0 Å². The number of hydrogen-bond donors (Lipinski definition) is 2. The molecular formula is C8H16N2O2S. The van der Waals surface area contributed by atoms with Crippen LogP contribution in [-0.2, 0) is 4.74 Å². The first-order valence-electron chi connectivity index (χ1n) is 4.05. The molecule has 0 bridgehead atoms. The van der Waals surface area contributed by atoms with E-state index in [-0.39, 0.29) is 6.10 Å². The van der Waals surface area contributed by atoms with E-state index in [1.807, 2.05) is 26.8 Å². The molecule has 0 rings (SSSR count). The molecule has 0 saturated heterocycles. The SMILES string of the molecule is C/C=C(/COC(C)C)NSC(N)=O. The number of carbonyl (C=O) groups is 1. The molecule has 0 unspecified atom stereocenters. The van der Waals surface area contributed by atoms with E-state index in [0.29, 0.717) is 6.61 Å². The Bertz CT molecular complexity index is 193. The number of allylic oxidation sites excluding steroid dienone is 1. The summed E-state index contributed by atoms with van der Waals surface area (Å²) in [7, 11) is 0. The van der Waals surface area contributed by atoms with E-state index in [9.17, 15) is 4.79 Å². The van der Waals surface area contributed by atoms with E-state index in [4.69, 9.17) is 10.5 Å². The summed E-state index contributed by atoms with van der Waals surface area (Å²) >= 11 is 0.856. The summed E-state index contributed by atoms with van der Waals surface area (Å²) in [5.41, 5.74) is 5.79. The predicted octanol–water partition coefficient (Wildman–Crippen LogP) is 1.63. The summed E-state index contributed by atoms with van der Waals surface area (Å²) < 4.78 is 8.13. The summed E-state index contributed by atoms with van der Waals surface area (Å²) in [6.07, 6.45) is 2.02. The molecule has 4 nitrogen and oxygen atoms in total. The molecule has 0 aliphatic heterocycles. The Kier molecular flexibility index (Phi) is 6.44. The Balaban J connectivity index is 3.71. The first-order valence-corrected chi connectivity index (χ1v) is 4.87. The molecule has 0 aliphatic rings. The molecule has 0 aliphatic carbocycles. The lowest BCUT2D eigenvalue weighted by Gasteiger charge is -2.10. The lowest BCUT2D eigenvalue weighted by molar-refractivity contribution is 0.0957. The zero-order valence-corrected chi connectivity index (χ0v) is 8.98. The van der Waals surface area contributed by atoms with Gasteiger partial charge in [-0.05, 0) is 20.8 Å². The van der Waals surface area contributed by atoms with Crippen molar-refractivity contribution in [3.05, 3.63) is 11.8 Å². The average Bonchev–Trinajstić information content (AvgIpc) is 2.04. The van der Waals surface area contributed by atoms with Crippen LogP contribution in [0.5, 0.6) is 0 Å². The molecular weight excluding hydrogens is 188 g/mol. The standard InChI is InChI=1S/C8H16N2O2S/c1-4-7(5-12-6(2)3)10-13-8(9)11/h4,6,10H,5H2,1-3H3,(H2,9,11)/b7-4-. The fraction of sp³-hybridized carbons (Fsp3) is 0.625. The number of hydrogen-bond acceptors (Lipinski definition) is 4. The molecule has 0 saturated carbocycles. The smallest absolute Gasteiger partial charge is 0.296 e. The van der Waals surface area contributed by atoms with Crippen molar-refractivity contribution in [3.8, 4) is 0 Å². The van der Waals surface area contributed by atoms with Gasteiger partial charge in [-0.15, -0.1) is 0 Å². The van der Waals surface area contributed by atoms with E-state index < -0.39 is 5.24 Å². The van der Waals surface area contributed by atoms with E-state index in [0.717, 1.165) is 17.6 Å². The lowest BCUT2D eigenvalue weighted by atomic mass is 10.4. The van der Waals surface area contributed by atoms with Gasteiger partial charge in [0.15, 0.2) is 0 Å². The van der Waals surface area contributed by atoms with Gasteiger partial charge in [0.2, 0.25) is 0 Å². The molecule has 0 heterocycles. The van der Waals surface area contributed by atoms with Crippen molar-refractivity contribution in [2.75, 3.05) is 6.61 Å². The third-order valence-corrected chi connectivity index (χ3v) is 1.77. The molecule has 0 aromatic carbocycles. The van der Waals surface area contributed by atoms with Crippen LogP contribution in [-0.4, -0.2) is 18.0 Å². The highest BCUT2D eigenvalue weighted by Gasteiger charge is 2.00. The summed E-state index contributed by atoms with van der Waals surface area (Å²) in [5, 5.41) is -0.455. The van der Waals surface area contributed by atoms with Gasteiger partial charge in [0.05, 0.1) is 12.7 Å². The summed E-state index contributed by atoms with van der Waals surface area (Å²) in [4.78, 5) is 10.4. The second-order valence-corrected chi connectivity index (χ2v) is 3.51. The molecule has 0 spiro atoms. The van der Waals surface area contributed by atoms with Crippen molar-refractivity contribution in [1.29, 1.82) is 0 Å². The van der Waals surface area contributed by atoms with Crippen molar-refractivity contribution >= 4 is 17.2 Å². The van der Waals surface area contributed by atoms with Crippen LogP contribution in [0.4, 0.5) is 4.79 Å². The van der Waals surface area contributed by atoms with Gasteiger partial charge in [-0.3, -0.25) is 4.79 Å². The molecule has 0 aromatic heterocycles. The molecule has 0 aromatic rings. The second kappa shape index (κ2) is 6.80. The predicted molar refractivity (Wildman–Crippen MR) is 55.2 cm³/mol. The van der Waals surface area contributed by atoms with E-state index in [2.05, 4.69) is 4.72 Å². The zero-order valence-electron chi connectivity index (χ0n) is 8.16. The van der Waals surface area contributed by atoms with Crippen LogP contribution in [0.1, 0.15) is 20.8 Å². The Labute approximate surface area is 83.0 Å². The van der Waals surface area contributed by atoms with Crippen LogP contribution in [0.2, 0.25) is 0 Å². The van der Waals surface area contributed by atoms with Crippen LogP contribution in [0.25, 0.3) is 0 Å². The minimum atomic E-state index is -0.455. The fourth-order valence-corrected chi connectivity index (χ4v) is 0.952. The van der Waals surface area contributed by atoms with Gasteiger partial charge < -0.3 is 15.2 Å². The van der Waals surface area contributed by atoms with Gasteiger partial charge in [-0.2, -0.15) is 0 Å². The summed E-state index contributed by atoms with van der Waals surface area (Å²) in [6.45, 7) is 6.24. The zero-order chi connectivity index (χ0) is 10.3. The topological polar surface area (TPSA) is 64.3 Å². The third kappa shape index (κ3) is 7.67. The number of nitrogens with two attached hydrogens (primary N) is 1. The highest BCUT2D eigenvalue weighted by atomic mass is 32.2. The van der Waals surface area contributed by atoms with Crippen LogP contribution < -0.4 is 10.5 Å². The number of carbonyl (C=O) groups excluding carboxylic acids is 1. The van der Waals surface area contributed by atoms with Crippen LogP contribution in [0.15, 0.2) is 11.8 Å². The number of primary amides is 1. The average molecular weight is 204 g/mol. The first kappa shape index (κ1) is 12.3. The molecule has 5 heteroatoms. The monoisotopic (exact) mass is 204 g/mol. The van der Waals surface area contributed by atoms with Crippen LogP contribution in [0.3, 0.4) is 0 Å². The molecule has 1 amide bonds. The van der Waals surface area contributed by atoms with E-state index in [1.165, 1.54) is 0 Å². The molecule has 76 valence electrons. The maximum atomic E-state index is 10.4. The van der Waals surface area contributed by atoms with Crippen molar-refractivity contribution < 1.29 is 9.53 Å². The second-order valence-electron chi connectivity index (χ2n) is 2.70. The van der Waals surface area contributed by atoms with Gasteiger partial charge in [-0.25, -0.2) is 0 Å². The molecule has 0 atom stereocenters. The molecule has 0 radical (unpaired) electrons. The highest BCUT2D eigenvalue weighted by molar-refractivity contribution is 8.11. The lowest BCUT2D eigenvalue weighted by Crippen LogP contribution is -2.17. The quantitative estimate of drug-likeness (QED) is 0.668. The number of amides is 1. The summed E-state index contributed by atoms with van der Waals surface area (Å²) in [6, 6.07) is 0. The van der Waals surface area contributed by atoms with Crippen LogP contribution in [0, 0.1) is 0 Å². The maximum Gasteiger partial charge on any atom is 0.296 e. The minimum Gasteiger partial charge on any atom is -0.373 e. The Morgan fingerprint density at radius 1 is 1.69 bits per heavy atom. The largest absolute Gasteiger partial charge is 0.373 e. The van der Waals surface area contributed by atoms with Crippen molar-refractivity contribution in [1.82, 2.24) is 4.72 Å². The summed E-state index contributed by atoms with van der Waals surface area (Å²) in [5.74, 6) is 0. The van der Waals surface area contributed by atoms with Gasteiger partial charge in [0.1, 0.15) is 0 Å². The maximum absolute atomic E-state index is 10.4. The minimum absolute atomic E-state index is 0.176. The van der Waals surface area contributed by atoms with Gasteiger partial charge in [0.25, 0.3) is 5.24 Å². The van der Waals surface area contributed by atoms with Crippen molar-refractivity contribution in [2.24, 2.45) is 5.73 Å². The van der Waals surface area contributed by atoms with E-state index in [1.54, 1.807) is 0 Å². The Morgan fingerprint density at radius 3 is 2.69 bits per heavy atom. The van der Waals surface area contributed by atoms with Gasteiger partial charge in [-0.1, -0.05) is 6.08 Å². The van der Waals surface area contributed by atoms with Crippen LogP contribution >= 0.6 is 11.9 Å².